The van der Waals surface area contributed by atoms with Gasteiger partial charge >= 0.3 is 0 Å². The first-order valence-corrected chi connectivity index (χ1v) is 10.3. The van der Waals surface area contributed by atoms with Crippen molar-refractivity contribution in [2.45, 2.75) is 12.5 Å². The van der Waals surface area contributed by atoms with E-state index in [9.17, 15) is 9.59 Å². The second-order valence-corrected chi connectivity index (χ2v) is 8.02. The maximum absolute atomic E-state index is 13.0. The van der Waals surface area contributed by atoms with Crippen LogP contribution in [0.25, 0.3) is 4.96 Å². The van der Waals surface area contributed by atoms with Gasteiger partial charge in [-0.3, -0.25) is 18.9 Å². The van der Waals surface area contributed by atoms with E-state index < -0.39 is 0 Å². The van der Waals surface area contributed by atoms with Crippen LogP contribution in [0.1, 0.15) is 17.2 Å². The van der Waals surface area contributed by atoms with E-state index in [1.165, 1.54) is 11.3 Å². The minimum atomic E-state index is -0.203. The number of aromatic nitrogens is 2. The maximum Gasteiger partial charge on any atom is 0.258 e. The van der Waals surface area contributed by atoms with Crippen molar-refractivity contribution in [3.63, 3.8) is 0 Å². The molecule has 2 aromatic heterocycles. The van der Waals surface area contributed by atoms with Crippen LogP contribution in [-0.2, 0) is 11.3 Å². The van der Waals surface area contributed by atoms with Crippen LogP contribution in [0.2, 0.25) is 0 Å². The van der Waals surface area contributed by atoms with Crippen molar-refractivity contribution in [2.75, 3.05) is 32.8 Å². The lowest BCUT2D eigenvalue weighted by Crippen LogP contribution is -2.49. The van der Waals surface area contributed by atoms with Gasteiger partial charge in [0.25, 0.3) is 5.56 Å². The van der Waals surface area contributed by atoms with E-state index in [0.717, 1.165) is 35.1 Å². The normalized spacial score (nSPS) is 19.6. The van der Waals surface area contributed by atoms with Crippen LogP contribution in [0.15, 0.2) is 46.7 Å². The van der Waals surface area contributed by atoms with Gasteiger partial charge in [0.15, 0.2) is 4.96 Å². The number of para-hydroxylation sites is 1. The monoisotopic (exact) mass is 396 g/mol. The Bertz CT molecular complexity index is 1080. The Morgan fingerprint density at radius 2 is 2.04 bits per heavy atom. The predicted molar refractivity (Wildman–Crippen MR) is 106 cm³/mol. The Balaban J connectivity index is 1.23. The third-order valence-electron chi connectivity index (χ3n) is 5.42. The van der Waals surface area contributed by atoms with Gasteiger partial charge in [0.1, 0.15) is 18.3 Å². The number of ether oxygens (including phenoxy) is 1. The number of carbonyl (C=O) groups excluding carboxylic acids is 1. The van der Waals surface area contributed by atoms with Crippen LogP contribution in [0.4, 0.5) is 0 Å². The van der Waals surface area contributed by atoms with Crippen molar-refractivity contribution in [3.05, 3.63) is 63.5 Å². The Morgan fingerprint density at radius 3 is 2.89 bits per heavy atom. The van der Waals surface area contributed by atoms with Crippen LogP contribution in [-0.4, -0.2) is 57.9 Å². The third kappa shape index (κ3) is 3.08. The molecule has 2 aliphatic rings. The molecule has 28 heavy (non-hydrogen) atoms. The molecule has 0 saturated carbocycles. The van der Waals surface area contributed by atoms with Gasteiger partial charge in [-0.2, -0.15) is 0 Å². The number of amides is 1. The van der Waals surface area contributed by atoms with E-state index in [4.69, 9.17) is 4.74 Å². The number of nitrogens with zero attached hydrogens (tertiary/aromatic N) is 4. The molecule has 3 aromatic rings. The number of benzene rings is 1. The molecule has 5 rings (SSSR count). The topological polar surface area (TPSA) is 67.2 Å². The molecule has 144 valence electrons. The lowest BCUT2D eigenvalue weighted by atomic mass is 9.99. The van der Waals surface area contributed by atoms with Crippen molar-refractivity contribution >= 4 is 22.2 Å². The van der Waals surface area contributed by atoms with Crippen molar-refractivity contribution in [1.29, 1.82) is 0 Å². The molecule has 0 bridgehead atoms. The summed E-state index contributed by atoms with van der Waals surface area (Å²) in [6.45, 7) is 3.95. The Morgan fingerprint density at radius 1 is 1.21 bits per heavy atom. The molecule has 1 atom stereocenters. The molecular weight excluding hydrogens is 376 g/mol. The smallest absolute Gasteiger partial charge is 0.258 e. The van der Waals surface area contributed by atoms with Crippen LogP contribution in [0.5, 0.6) is 5.75 Å². The summed E-state index contributed by atoms with van der Waals surface area (Å²) in [4.78, 5) is 34.6. The summed E-state index contributed by atoms with van der Waals surface area (Å²) in [6.07, 6.45) is 1.74. The predicted octanol–water partition coefficient (Wildman–Crippen LogP) is 1.58. The van der Waals surface area contributed by atoms with E-state index >= 15 is 0 Å². The maximum atomic E-state index is 13.0. The molecule has 0 aliphatic carbocycles. The molecule has 7 nitrogen and oxygen atoms in total. The fourth-order valence-electron chi connectivity index (χ4n) is 3.91. The van der Waals surface area contributed by atoms with Gasteiger partial charge in [0.05, 0.1) is 5.69 Å². The molecule has 1 aromatic carbocycles. The standard InChI is InChI=1S/C20H20N4O3S/c25-18-11-14(21-20-24(18)9-10-28-20)12-22-5-7-23(8-6-22)19(26)16-13-27-17-4-2-1-3-15(16)17/h1-4,9-11,16H,5-8,12-13H2. The van der Waals surface area contributed by atoms with E-state index in [1.54, 1.807) is 16.7 Å². The highest BCUT2D eigenvalue weighted by molar-refractivity contribution is 7.15. The Kier molecular flexibility index (Phi) is 4.37. The van der Waals surface area contributed by atoms with E-state index in [-0.39, 0.29) is 17.4 Å². The molecule has 2 aliphatic heterocycles. The Hall–Kier alpha value is -2.71. The zero-order chi connectivity index (χ0) is 19.1. The summed E-state index contributed by atoms with van der Waals surface area (Å²) >= 11 is 1.46. The quantitative estimate of drug-likeness (QED) is 0.672. The highest BCUT2D eigenvalue weighted by Crippen LogP contribution is 2.34. The molecule has 1 amide bonds. The summed E-state index contributed by atoms with van der Waals surface area (Å²) in [5.74, 6) is 0.757. The number of hydrogen-bond donors (Lipinski definition) is 0. The summed E-state index contributed by atoms with van der Waals surface area (Å²) in [6, 6.07) is 9.38. The lowest BCUT2D eigenvalue weighted by Gasteiger charge is -2.35. The molecule has 1 unspecified atom stereocenters. The van der Waals surface area contributed by atoms with Crippen LogP contribution in [0.3, 0.4) is 0 Å². The first-order chi connectivity index (χ1) is 13.7. The number of thiazole rings is 1. The average Bonchev–Trinajstić information content (AvgIpc) is 3.35. The van der Waals surface area contributed by atoms with Gasteiger partial charge in [-0.1, -0.05) is 18.2 Å². The fraction of sp³-hybridized carbons (Fsp3) is 0.350. The summed E-state index contributed by atoms with van der Waals surface area (Å²) in [7, 11) is 0. The minimum Gasteiger partial charge on any atom is -0.492 e. The van der Waals surface area contributed by atoms with Crippen molar-refractivity contribution in [2.24, 2.45) is 0 Å². The van der Waals surface area contributed by atoms with Crippen molar-refractivity contribution in [1.82, 2.24) is 19.2 Å². The minimum absolute atomic E-state index is 0.0463. The van der Waals surface area contributed by atoms with Crippen LogP contribution < -0.4 is 10.3 Å². The molecular formula is C20H20N4O3S. The largest absolute Gasteiger partial charge is 0.492 e. The van der Waals surface area contributed by atoms with Gasteiger partial charge in [0, 0.05) is 55.9 Å². The second-order valence-electron chi connectivity index (χ2n) is 7.14. The zero-order valence-electron chi connectivity index (χ0n) is 15.3. The van der Waals surface area contributed by atoms with E-state index in [0.29, 0.717) is 26.2 Å². The number of rotatable bonds is 3. The molecule has 1 fully saturated rings. The first kappa shape index (κ1) is 17.4. The van der Waals surface area contributed by atoms with Gasteiger partial charge in [-0.15, -0.1) is 11.3 Å². The SMILES string of the molecule is O=C(C1COc2ccccc21)N1CCN(Cc2cc(=O)n3ccsc3n2)CC1. The fourth-order valence-corrected chi connectivity index (χ4v) is 4.65. The molecule has 0 radical (unpaired) electrons. The number of hydrogen-bond acceptors (Lipinski definition) is 6. The van der Waals surface area contributed by atoms with Gasteiger partial charge in [0.2, 0.25) is 5.91 Å². The molecule has 1 saturated heterocycles. The highest BCUT2D eigenvalue weighted by atomic mass is 32.1. The van der Waals surface area contributed by atoms with Gasteiger partial charge in [-0.05, 0) is 6.07 Å². The van der Waals surface area contributed by atoms with E-state index in [2.05, 4.69) is 9.88 Å². The number of fused-ring (bicyclic) bond motifs is 2. The van der Waals surface area contributed by atoms with Crippen molar-refractivity contribution < 1.29 is 9.53 Å². The van der Waals surface area contributed by atoms with Gasteiger partial charge in [-0.25, -0.2) is 4.98 Å². The molecule has 0 spiro atoms. The second kappa shape index (κ2) is 7.03. The van der Waals surface area contributed by atoms with Crippen LogP contribution in [0, 0.1) is 0 Å². The average molecular weight is 396 g/mol. The molecule has 4 heterocycles. The summed E-state index contributed by atoms with van der Waals surface area (Å²) < 4.78 is 7.23. The van der Waals surface area contributed by atoms with Crippen LogP contribution >= 0.6 is 11.3 Å². The molecule has 8 heteroatoms. The highest BCUT2D eigenvalue weighted by Gasteiger charge is 2.34. The lowest BCUT2D eigenvalue weighted by molar-refractivity contribution is -0.134. The molecule has 0 N–H and O–H groups in total. The third-order valence-corrected chi connectivity index (χ3v) is 6.18. The Labute approximate surface area is 165 Å². The summed E-state index contributed by atoms with van der Waals surface area (Å²) in [5.41, 5.74) is 1.73. The number of piperazine rings is 1. The van der Waals surface area contributed by atoms with Gasteiger partial charge < -0.3 is 9.64 Å². The number of carbonyl (C=O) groups is 1. The summed E-state index contributed by atoms with van der Waals surface area (Å²) in [5, 5.41) is 1.86. The van der Waals surface area contributed by atoms with Crippen molar-refractivity contribution in [3.8, 4) is 5.75 Å². The van der Waals surface area contributed by atoms with E-state index in [1.807, 2.05) is 34.5 Å². The zero-order valence-corrected chi connectivity index (χ0v) is 16.1. The first-order valence-electron chi connectivity index (χ1n) is 9.38.